The van der Waals surface area contributed by atoms with Crippen LogP contribution >= 0.6 is 0 Å². The van der Waals surface area contributed by atoms with Gasteiger partial charge in [0.2, 0.25) is 0 Å². The highest BCUT2D eigenvalue weighted by Gasteiger charge is 2.17. The van der Waals surface area contributed by atoms with E-state index in [1.807, 2.05) is 0 Å². The van der Waals surface area contributed by atoms with Gasteiger partial charge in [0.15, 0.2) is 0 Å². The Morgan fingerprint density at radius 3 is 2.30 bits per heavy atom. The van der Waals surface area contributed by atoms with E-state index in [1.165, 1.54) is 0 Å². The Balaban J connectivity index is 2.73. The monoisotopic (exact) mass is 151 g/mol. The van der Waals surface area contributed by atoms with E-state index in [2.05, 4.69) is 44.3 Å². The van der Waals surface area contributed by atoms with E-state index in [0.29, 0.717) is 0 Å². The van der Waals surface area contributed by atoms with E-state index in [0.717, 1.165) is 6.42 Å². The Morgan fingerprint density at radius 1 is 1.30 bits per heavy atom. The van der Waals surface area contributed by atoms with Gasteiger partial charge in [-0.25, -0.2) is 0 Å². The fourth-order valence-corrected chi connectivity index (χ4v) is 2.26. The number of rotatable bonds is 1. The first kappa shape index (κ1) is 7.80. The number of hydrogen-bond donors (Lipinski definition) is 0. The maximum Gasteiger partial charge on any atom is 0.0771 e. The molecule has 1 heteroatoms. The molecule has 55 valence electrons. The summed E-state index contributed by atoms with van der Waals surface area (Å²) in [6.45, 7) is 7.13. The first-order valence-electron chi connectivity index (χ1n) is 3.81. The maximum absolute atomic E-state index is 2.38. The van der Waals surface area contributed by atoms with Crippen molar-refractivity contribution < 1.29 is 0 Å². The van der Waals surface area contributed by atoms with Crippen LogP contribution in [-0.2, 0) is 0 Å². The topological polar surface area (TPSA) is 0 Å². The van der Waals surface area contributed by atoms with Crippen molar-refractivity contribution in [1.82, 2.24) is 0 Å². The van der Waals surface area contributed by atoms with Gasteiger partial charge in [0.1, 0.15) is 0 Å². The molecule has 0 heterocycles. The highest BCUT2D eigenvalue weighted by Crippen LogP contribution is 2.19. The van der Waals surface area contributed by atoms with Crippen LogP contribution in [0.15, 0.2) is 23.4 Å². The van der Waals surface area contributed by atoms with Gasteiger partial charge in [-0.05, 0) is 12.8 Å². The molecular weight excluding hydrogens is 136 g/mol. The summed E-state index contributed by atoms with van der Waals surface area (Å²) < 4.78 is 0. The molecule has 0 aliphatic heterocycles. The molecule has 0 unspecified atom stereocenters. The molecule has 0 saturated heterocycles. The lowest BCUT2D eigenvalue weighted by Crippen LogP contribution is -2.23. The van der Waals surface area contributed by atoms with E-state index in [1.54, 1.807) is 5.20 Å². The summed E-state index contributed by atoms with van der Waals surface area (Å²) in [4.78, 5) is 0. The molecular formula is C9H15Si. The molecule has 1 aliphatic rings. The van der Waals surface area contributed by atoms with Gasteiger partial charge >= 0.3 is 0 Å². The largest absolute Gasteiger partial charge is 0.0841 e. The zero-order chi connectivity index (χ0) is 7.61. The second kappa shape index (κ2) is 2.75. The van der Waals surface area contributed by atoms with Gasteiger partial charge in [-0.1, -0.05) is 43.1 Å². The average Bonchev–Trinajstić information content (AvgIpc) is 1.88. The normalized spacial score (nSPS) is 18.9. The van der Waals surface area contributed by atoms with E-state index < -0.39 is 8.07 Å². The van der Waals surface area contributed by atoms with Gasteiger partial charge < -0.3 is 0 Å². The summed E-state index contributed by atoms with van der Waals surface area (Å²) in [5.74, 6) is 0. The Labute approximate surface area is 64.7 Å². The average molecular weight is 151 g/mol. The molecule has 0 amide bonds. The van der Waals surface area contributed by atoms with Crippen LogP contribution in [0, 0.1) is 6.42 Å². The number of hydrogen-bond acceptors (Lipinski definition) is 0. The van der Waals surface area contributed by atoms with Crippen LogP contribution < -0.4 is 0 Å². The van der Waals surface area contributed by atoms with E-state index in [4.69, 9.17) is 0 Å². The van der Waals surface area contributed by atoms with E-state index >= 15 is 0 Å². The Bertz CT molecular complexity index is 170. The van der Waals surface area contributed by atoms with E-state index in [-0.39, 0.29) is 0 Å². The van der Waals surface area contributed by atoms with Gasteiger partial charge in [-0.2, -0.15) is 0 Å². The van der Waals surface area contributed by atoms with Crippen LogP contribution in [0.5, 0.6) is 0 Å². The summed E-state index contributed by atoms with van der Waals surface area (Å²) in [5, 5.41) is 1.57. The molecule has 10 heavy (non-hydrogen) atoms. The molecule has 0 saturated carbocycles. The molecule has 0 spiro atoms. The molecule has 1 aliphatic carbocycles. The van der Waals surface area contributed by atoms with E-state index in [9.17, 15) is 0 Å². The lowest BCUT2D eigenvalue weighted by atomic mass is 10.2. The van der Waals surface area contributed by atoms with Gasteiger partial charge in [0.25, 0.3) is 0 Å². The summed E-state index contributed by atoms with van der Waals surface area (Å²) in [5.41, 5.74) is 0. The predicted molar refractivity (Wildman–Crippen MR) is 49.5 cm³/mol. The Hall–Kier alpha value is -0.303. The maximum atomic E-state index is 2.38. The third-order valence-electron chi connectivity index (χ3n) is 1.73. The van der Waals surface area contributed by atoms with Crippen LogP contribution in [-0.4, -0.2) is 8.07 Å². The van der Waals surface area contributed by atoms with Crippen LogP contribution in [0.4, 0.5) is 0 Å². The van der Waals surface area contributed by atoms with Crippen LogP contribution in [0.1, 0.15) is 6.42 Å². The van der Waals surface area contributed by atoms with Crippen molar-refractivity contribution in [2.75, 3.05) is 0 Å². The highest BCUT2D eigenvalue weighted by atomic mass is 28.3. The zero-order valence-electron chi connectivity index (χ0n) is 7.02. The Morgan fingerprint density at radius 2 is 2.00 bits per heavy atom. The Kier molecular flexibility index (Phi) is 2.14. The first-order chi connectivity index (χ1) is 4.61. The van der Waals surface area contributed by atoms with Gasteiger partial charge in [0.05, 0.1) is 8.07 Å². The molecule has 0 aromatic carbocycles. The second-order valence-corrected chi connectivity index (χ2v) is 8.82. The second-order valence-electron chi connectivity index (χ2n) is 3.75. The lowest BCUT2D eigenvalue weighted by molar-refractivity contribution is 1.25. The molecule has 0 atom stereocenters. The van der Waals surface area contributed by atoms with Crippen LogP contribution in [0.2, 0.25) is 19.6 Å². The minimum absolute atomic E-state index is 1.01. The van der Waals surface area contributed by atoms with Crippen molar-refractivity contribution in [3.8, 4) is 0 Å². The van der Waals surface area contributed by atoms with Crippen LogP contribution in [0.25, 0.3) is 0 Å². The van der Waals surface area contributed by atoms with Crippen LogP contribution in [0.3, 0.4) is 0 Å². The van der Waals surface area contributed by atoms with Gasteiger partial charge in [-0.3, -0.25) is 0 Å². The minimum atomic E-state index is -1.01. The minimum Gasteiger partial charge on any atom is -0.0841 e. The van der Waals surface area contributed by atoms with Gasteiger partial charge in [0, 0.05) is 0 Å². The molecule has 0 aromatic rings. The molecule has 1 rings (SSSR count). The third kappa shape index (κ3) is 1.84. The lowest BCUT2D eigenvalue weighted by Gasteiger charge is -2.19. The highest BCUT2D eigenvalue weighted by molar-refractivity contribution is 6.83. The number of allylic oxidation sites excluding steroid dienone is 4. The fourth-order valence-electron chi connectivity index (χ4n) is 1.02. The molecule has 0 bridgehead atoms. The molecule has 0 N–H and O–H groups in total. The first-order valence-corrected chi connectivity index (χ1v) is 7.31. The summed E-state index contributed by atoms with van der Waals surface area (Å²) in [6, 6.07) is 0. The molecule has 0 nitrogen and oxygen atoms in total. The standard InChI is InChI=1S/C9H15Si/c1-10(2,3)9-7-5-4-6-8-9/h5-8H,4H2,1-3H3. The van der Waals surface area contributed by atoms with Gasteiger partial charge in [-0.15, -0.1) is 0 Å². The summed E-state index contributed by atoms with van der Waals surface area (Å²) in [7, 11) is -1.01. The van der Waals surface area contributed by atoms with Crippen molar-refractivity contribution in [2.24, 2.45) is 0 Å². The fraction of sp³-hybridized carbons (Fsp3) is 0.444. The third-order valence-corrected chi connectivity index (χ3v) is 3.80. The predicted octanol–water partition coefficient (Wildman–Crippen LogP) is 2.95. The SMILES string of the molecule is C[Si](C)(C)C1=C[CH]CC=C1. The van der Waals surface area contributed by atoms with Crippen molar-refractivity contribution in [1.29, 1.82) is 0 Å². The van der Waals surface area contributed by atoms with Crippen molar-refractivity contribution in [3.05, 3.63) is 29.8 Å². The quantitative estimate of drug-likeness (QED) is 0.505. The van der Waals surface area contributed by atoms with Crippen molar-refractivity contribution in [3.63, 3.8) is 0 Å². The summed E-state index contributed by atoms with van der Waals surface area (Å²) >= 11 is 0. The smallest absolute Gasteiger partial charge is 0.0771 e. The summed E-state index contributed by atoms with van der Waals surface area (Å²) in [6.07, 6.45) is 10.2. The van der Waals surface area contributed by atoms with Crippen molar-refractivity contribution >= 4 is 8.07 Å². The molecule has 0 fully saturated rings. The molecule has 0 aromatic heterocycles. The zero-order valence-corrected chi connectivity index (χ0v) is 8.02. The van der Waals surface area contributed by atoms with Crippen molar-refractivity contribution in [2.45, 2.75) is 26.1 Å². The molecule has 1 radical (unpaired) electrons.